The van der Waals surface area contributed by atoms with Gasteiger partial charge in [0.2, 0.25) is 0 Å². The molecule has 1 heterocycles. The quantitative estimate of drug-likeness (QED) is 0.736. The maximum absolute atomic E-state index is 12.2. The smallest absolute Gasteiger partial charge is 0.0731 e. The van der Waals surface area contributed by atoms with Crippen molar-refractivity contribution in [3.63, 3.8) is 0 Å². The topological polar surface area (TPSA) is 64.7 Å². The molecule has 0 aliphatic carbocycles. The molecular weight excluding hydrogens is 212 g/mol. The minimum absolute atomic E-state index is 0.525. The second-order valence-electron chi connectivity index (χ2n) is 3.48. The third-order valence-electron chi connectivity index (χ3n) is 2.26. The summed E-state index contributed by atoms with van der Waals surface area (Å²) in [5.41, 5.74) is 6.98. The normalized spacial score (nSPS) is 19.7. The summed E-state index contributed by atoms with van der Waals surface area (Å²) in [6.07, 6.45) is 0. The Labute approximate surface area is 89.6 Å². The third kappa shape index (κ3) is 2.70. The Morgan fingerprint density at radius 2 is 1.80 bits per heavy atom. The van der Waals surface area contributed by atoms with Crippen molar-refractivity contribution < 1.29 is 8.95 Å². The second-order valence-corrected chi connectivity index (χ2v) is 6.02. The summed E-state index contributed by atoms with van der Waals surface area (Å²) in [7, 11) is -2.10. The van der Waals surface area contributed by atoms with Gasteiger partial charge in [-0.05, 0) is 24.3 Å². The first-order valence-corrected chi connectivity index (χ1v) is 6.69. The molecule has 0 aromatic heterocycles. The van der Waals surface area contributed by atoms with Gasteiger partial charge in [0.05, 0.1) is 40.1 Å². The first-order chi connectivity index (χ1) is 7.18. The van der Waals surface area contributed by atoms with Crippen molar-refractivity contribution in [3.05, 3.63) is 24.3 Å². The van der Waals surface area contributed by atoms with Gasteiger partial charge in [-0.2, -0.15) is 4.36 Å². The first-order valence-electron chi connectivity index (χ1n) is 4.84. The van der Waals surface area contributed by atoms with Gasteiger partial charge >= 0.3 is 0 Å². The molecule has 0 unspecified atom stereocenters. The molecule has 1 saturated heterocycles. The van der Waals surface area contributed by atoms with Crippen molar-refractivity contribution in [2.75, 3.05) is 30.5 Å². The van der Waals surface area contributed by atoms with Crippen molar-refractivity contribution in [2.45, 2.75) is 0 Å². The lowest BCUT2D eigenvalue weighted by atomic mass is 10.3. The van der Waals surface area contributed by atoms with E-state index in [2.05, 4.69) is 4.36 Å². The Hall–Kier alpha value is -1.07. The lowest BCUT2D eigenvalue weighted by Crippen LogP contribution is -2.25. The van der Waals surface area contributed by atoms with Gasteiger partial charge in [-0.1, -0.05) is 0 Å². The zero-order valence-corrected chi connectivity index (χ0v) is 9.20. The predicted octanol–water partition coefficient (Wildman–Crippen LogP) is 1.40. The van der Waals surface area contributed by atoms with Gasteiger partial charge in [0, 0.05) is 5.69 Å². The van der Waals surface area contributed by atoms with Crippen molar-refractivity contribution >= 4 is 21.1 Å². The Balaban J connectivity index is 2.28. The maximum atomic E-state index is 12.2. The highest BCUT2D eigenvalue weighted by Crippen LogP contribution is 2.18. The van der Waals surface area contributed by atoms with Crippen LogP contribution in [0.5, 0.6) is 0 Å². The average molecular weight is 226 g/mol. The van der Waals surface area contributed by atoms with Crippen LogP contribution in [0.1, 0.15) is 0 Å². The van der Waals surface area contributed by atoms with Crippen molar-refractivity contribution in [1.29, 1.82) is 0 Å². The third-order valence-corrected chi connectivity index (χ3v) is 4.41. The van der Waals surface area contributed by atoms with Crippen LogP contribution in [-0.4, -0.2) is 28.9 Å². The van der Waals surface area contributed by atoms with Crippen molar-refractivity contribution in [1.82, 2.24) is 0 Å². The standard InChI is InChI=1S/C10H14N2O2S/c11-9-1-3-10(4-2-9)12-15(13)7-5-14-6-8-15/h1-4H,5-8,11H2. The molecular formula is C10H14N2O2S. The molecule has 1 aromatic carbocycles. The minimum atomic E-state index is -2.10. The first kappa shape index (κ1) is 10.4. The molecule has 82 valence electrons. The molecule has 0 bridgehead atoms. The van der Waals surface area contributed by atoms with Gasteiger partial charge < -0.3 is 10.5 Å². The van der Waals surface area contributed by atoms with Crippen LogP contribution in [0.2, 0.25) is 0 Å². The van der Waals surface area contributed by atoms with E-state index in [0.29, 0.717) is 30.4 Å². The number of nitrogens with two attached hydrogens (primary N) is 1. The molecule has 0 radical (unpaired) electrons. The molecule has 0 atom stereocenters. The van der Waals surface area contributed by atoms with E-state index in [1.807, 2.05) is 0 Å². The van der Waals surface area contributed by atoms with Gasteiger partial charge in [0.1, 0.15) is 0 Å². The Bertz CT molecular complexity index is 435. The lowest BCUT2D eigenvalue weighted by Gasteiger charge is -2.15. The number of benzene rings is 1. The summed E-state index contributed by atoms with van der Waals surface area (Å²) in [4.78, 5) is 0. The van der Waals surface area contributed by atoms with E-state index in [0.717, 1.165) is 5.69 Å². The van der Waals surface area contributed by atoms with Gasteiger partial charge in [-0.25, -0.2) is 4.21 Å². The summed E-state index contributed by atoms with van der Waals surface area (Å²) in [6.45, 7) is 1.08. The minimum Gasteiger partial charge on any atom is -0.399 e. The molecule has 1 aliphatic heterocycles. The van der Waals surface area contributed by atoms with Crippen LogP contribution in [0.4, 0.5) is 11.4 Å². The van der Waals surface area contributed by atoms with Crippen LogP contribution in [0.3, 0.4) is 0 Å². The van der Waals surface area contributed by atoms with E-state index in [4.69, 9.17) is 10.5 Å². The van der Waals surface area contributed by atoms with Crippen molar-refractivity contribution in [2.24, 2.45) is 4.36 Å². The van der Waals surface area contributed by atoms with Gasteiger partial charge in [0.15, 0.2) is 0 Å². The van der Waals surface area contributed by atoms with Crippen molar-refractivity contribution in [3.8, 4) is 0 Å². The summed E-state index contributed by atoms with van der Waals surface area (Å²) in [5, 5.41) is 0. The average Bonchev–Trinajstić information content (AvgIpc) is 2.22. The van der Waals surface area contributed by atoms with Crippen LogP contribution in [-0.2, 0) is 14.5 Å². The zero-order chi connectivity index (χ0) is 10.7. The molecule has 2 rings (SSSR count). The van der Waals surface area contributed by atoms with E-state index in [-0.39, 0.29) is 0 Å². The summed E-state index contributed by atoms with van der Waals surface area (Å²) < 4.78 is 21.6. The fraction of sp³-hybridized carbons (Fsp3) is 0.400. The van der Waals surface area contributed by atoms with E-state index in [1.165, 1.54) is 0 Å². The molecule has 1 aromatic rings. The van der Waals surface area contributed by atoms with E-state index >= 15 is 0 Å². The van der Waals surface area contributed by atoms with Crippen LogP contribution in [0.25, 0.3) is 0 Å². The predicted molar refractivity (Wildman–Crippen MR) is 61.6 cm³/mol. The van der Waals surface area contributed by atoms with Gasteiger partial charge in [0.25, 0.3) is 0 Å². The van der Waals surface area contributed by atoms with E-state index in [1.54, 1.807) is 24.3 Å². The largest absolute Gasteiger partial charge is 0.399 e. The summed E-state index contributed by atoms with van der Waals surface area (Å²) in [6, 6.07) is 7.11. The highest BCUT2D eigenvalue weighted by Gasteiger charge is 2.14. The number of hydrogen-bond donors (Lipinski definition) is 1. The SMILES string of the molecule is Nc1ccc(N=S2(=O)CCOCC2)cc1. The van der Waals surface area contributed by atoms with Crippen LogP contribution in [0.15, 0.2) is 28.6 Å². The Morgan fingerprint density at radius 1 is 1.20 bits per heavy atom. The van der Waals surface area contributed by atoms with E-state index in [9.17, 15) is 4.21 Å². The molecule has 0 spiro atoms. The highest BCUT2D eigenvalue weighted by atomic mass is 32.2. The van der Waals surface area contributed by atoms with E-state index < -0.39 is 9.73 Å². The number of rotatable bonds is 1. The summed E-state index contributed by atoms with van der Waals surface area (Å²) >= 11 is 0. The molecule has 1 aliphatic rings. The molecule has 1 fully saturated rings. The molecule has 5 heteroatoms. The highest BCUT2D eigenvalue weighted by molar-refractivity contribution is 7.93. The Kier molecular flexibility index (Phi) is 2.93. The molecule has 0 amide bonds. The van der Waals surface area contributed by atoms with Crippen LogP contribution < -0.4 is 5.73 Å². The van der Waals surface area contributed by atoms with Gasteiger partial charge in [-0.3, -0.25) is 0 Å². The summed E-state index contributed by atoms with van der Waals surface area (Å²) in [5.74, 6) is 1.05. The number of ether oxygens (including phenoxy) is 1. The number of hydrogen-bond acceptors (Lipinski definition) is 4. The monoisotopic (exact) mass is 226 g/mol. The zero-order valence-electron chi connectivity index (χ0n) is 8.39. The van der Waals surface area contributed by atoms with Gasteiger partial charge in [-0.15, -0.1) is 0 Å². The molecule has 4 nitrogen and oxygen atoms in total. The number of anilines is 1. The molecule has 0 saturated carbocycles. The number of nitrogens with zero attached hydrogens (tertiary/aromatic N) is 1. The Morgan fingerprint density at radius 3 is 2.40 bits per heavy atom. The lowest BCUT2D eigenvalue weighted by molar-refractivity contribution is 0.158. The fourth-order valence-corrected chi connectivity index (χ4v) is 3.05. The fourth-order valence-electron chi connectivity index (χ4n) is 1.40. The maximum Gasteiger partial charge on any atom is 0.0731 e. The number of nitrogen functional groups attached to an aromatic ring is 1. The van der Waals surface area contributed by atoms with Crippen LogP contribution >= 0.6 is 0 Å². The second kappa shape index (κ2) is 4.20. The molecule has 15 heavy (non-hydrogen) atoms. The van der Waals surface area contributed by atoms with Crippen LogP contribution in [0, 0.1) is 0 Å². The molecule has 2 N–H and O–H groups in total.